The maximum Gasteiger partial charge on any atom is 0.181 e. The molecule has 0 amide bonds. The minimum absolute atomic E-state index is 0.0278. The first-order valence-electron chi connectivity index (χ1n) is 8.61. The zero-order valence-corrected chi connectivity index (χ0v) is 13.2. The lowest BCUT2D eigenvalue weighted by Crippen LogP contribution is -2.49. The summed E-state index contributed by atoms with van der Waals surface area (Å²) in [5.74, 6) is 2.40. The quantitative estimate of drug-likeness (QED) is 0.708. The number of aliphatic hydroxyl groups excluding tert-OH is 1. The summed E-state index contributed by atoms with van der Waals surface area (Å²) >= 11 is 0. The van der Waals surface area contributed by atoms with Crippen molar-refractivity contribution in [2.45, 2.75) is 58.8 Å². The van der Waals surface area contributed by atoms with Gasteiger partial charge in [0.15, 0.2) is 5.78 Å². The average molecular weight is 286 g/mol. The number of aliphatic hydroxyl groups is 1. The summed E-state index contributed by atoms with van der Waals surface area (Å²) in [4.78, 5) is 11.8. The van der Waals surface area contributed by atoms with E-state index < -0.39 is 0 Å². The van der Waals surface area contributed by atoms with E-state index in [4.69, 9.17) is 0 Å². The molecule has 0 spiro atoms. The van der Waals surface area contributed by atoms with Gasteiger partial charge in [0.05, 0.1) is 0 Å². The Labute approximate surface area is 127 Å². The number of hydrogen-bond donors (Lipinski definition) is 1. The van der Waals surface area contributed by atoms with E-state index in [1.807, 2.05) is 0 Å². The molecule has 2 nitrogen and oxygen atoms in total. The third-order valence-electron chi connectivity index (χ3n) is 7.50. The van der Waals surface area contributed by atoms with Gasteiger partial charge >= 0.3 is 0 Å². The van der Waals surface area contributed by atoms with Crippen LogP contribution >= 0.6 is 0 Å². The Balaban J connectivity index is 1.75. The fourth-order valence-electron chi connectivity index (χ4n) is 6.29. The van der Waals surface area contributed by atoms with Crippen molar-refractivity contribution in [1.82, 2.24) is 0 Å². The molecule has 0 saturated heterocycles. The highest BCUT2D eigenvalue weighted by atomic mass is 16.3. The second kappa shape index (κ2) is 4.24. The van der Waals surface area contributed by atoms with Gasteiger partial charge in [0.1, 0.15) is 5.76 Å². The van der Waals surface area contributed by atoms with Gasteiger partial charge in [-0.25, -0.2) is 0 Å². The van der Waals surface area contributed by atoms with Crippen LogP contribution in [0.3, 0.4) is 0 Å². The molecule has 5 atom stereocenters. The molecule has 0 aromatic carbocycles. The van der Waals surface area contributed by atoms with Gasteiger partial charge in [-0.05, 0) is 74.7 Å². The normalized spacial score (nSPS) is 48.9. The van der Waals surface area contributed by atoms with Crippen LogP contribution in [0.4, 0.5) is 0 Å². The number of rotatable bonds is 0. The molecule has 0 radical (unpaired) electrons. The zero-order chi connectivity index (χ0) is 14.8. The van der Waals surface area contributed by atoms with E-state index in [9.17, 15) is 9.90 Å². The summed E-state index contributed by atoms with van der Waals surface area (Å²) < 4.78 is 0. The minimum atomic E-state index is -0.263. The molecule has 2 heteroatoms. The lowest BCUT2D eigenvalue weighted by molar-refractivity contribution is -0.111. The largest absolute Gasteiger partial charge is 0.511 e. The molecule has 0 aromatic heterocycles. The minimum Gasteiger partial charge on any atom is -0.511 e. The second-order valence-corrected chi connectivity index (χ2v) is 8.30. The van der Waals surface area contributed by atoms with Crippen molar-refractivity contribution < 1.29 is 9.90 Å². The number of fused-ring (bicyclic) bond motifs is 5. The van der Waals surface area contributed by atoms with Crippen LogP contribution in [-0.4, -0.2) is 10.9 Å². The molecule has 0 unspecified atom stereocenters. The topological polar surface area (TPSA) is 37.3 Å². The van der Waals surface area contributed by atoms with E-state index in [0.29, 0.717) is 17.1 Å². The Hall–Kier alpha value is -1.05. The van der Waals surface area contributed by atoms with Gasteiger partial charge in [0.25, 0.3) is 0 Å². The first kappa shape index (κ1) is 13.6. The summed E-state index contributed by atoms with van der Waals surface area (Å²) in [5, 5.41) is 10.6. The Bertz CT molecular complexity index is 558. The van der Waals surface area contributed by atoms with Gasteiger partial charge in [-0.1, -0.05) is 18.9 Å². The second-order valence-electron chi connectivity index (χ2n) is 8.30. The summed E-state index contributed by atoms with van der Waals surface area (Å²) in [6.07, 6.45) is 12.1. The Kier molecular flexibility index (Phi) is 2.75. The van der Waals surface area contributed by atoms with Crippen LogP contribution < -0.4 is 0 Å². The smallest absolute Gasteiger partial charge is 0.181 e. The molecular weight excluding hydrogens is 260 g/mol. The highest BCUT2D eigenvalue weighted by Crippen LogP contribution is 2.65. The van der Waals surface area contributed by atoms with Crippen LogP contribution in [0.15, 0.2) is 23.5 Å². The SMILES string of the molecule is C[C@@]12CCC[C@H]1[C@@H]1CCC3=CC(=O)C=C(O)[C@]3(C)[C@H]1CC2. The molecule has 0 bridgehead atoms. The summed E-state index contributed by atoms with van der Waals surface area (Å²) in [5.41, 5.74) is 1.47. The maximum absolute atomic E-state index is 11.8. The van der Waals surface area contributed by atoms with Crippen molar-refractivity contribution in [2.24, 2.45) is 28.6 Å². The number of allylic oxidation sites excluding steroid dienone is 3. The molecule has 4 aliphatic carbocycles. The van der Waals surface area contributed by atoms with E-state index in [-0.39, 0.29) is 11.2 Å². The van der Waals surface area contributed by atoms with Crippen molar-refractivity contribution in [2.75, 3.05) is 0 Å². The van der Waals surface area contributed by atoms with Gasteiger partial charge in [-0.15, -0.1) is 0 Å². The van der Waals surface area contributed by atoms with Crippen LogP contribution in [-0.2, 0) is 4.79 Å². The average Bonchev–Trinajstić information content (AvgIpc) is 2.82. The molecule has 21 heavy (non-hydrogen) atoms. The highest BCUT2D eigenvalue weighted by Gasteiger charge is 2.57. The van der Waals surface area contributed by atoms with Crippen molar-refractivity contribution in [3.63, 3.8) is 0 Å². The van der Waals surface area contributed by atoms with Crippen molar-refractivity contribution in [3.8, 4) is 0 Å². The molecular formula is C19H26O2. The molecule has 114 valence electrons. The Morgan fingerprint density at radius 2 is 1.90 bits per heavy atom. The number of ketones is 1. The van der Waals surface area contributed by atoms with E-state index in [1.165, 1.54) is 50.2 Å². The van der Waals surface area contributed by atoms with Gasteiger partial charge in [0, 0.05) is 11.5 Å². The van der Waals surface area contributed by atoms with E-state index in [2.05, 4.69) is 13.8 Å². The fraction of sp³-hybridized carbons (Fsp3) is 0.737. The lowest BCUT2D eigenvalue weighted by atomic mass is 9.48. The summed E-state index contributed by atoms with van der Waals surface area (Å²) in [6.45, 7) is 4.68. The highest BCUT2D eigenvalue weighted by molar-refractivity contribution is 6.01. The monoisotopic (exact) mass is 286 g/mol. The molecule has 3 saturated carbocycles. The van der Waals surface area contributed by atoms with E-state index in [0.717, 1.165) is 18.3 Å². The summed E-state index contributed by atoms with van der Waals surface area (Å²) in [6, 6.07) is 0. The molecule has 0 aromatic rings. The van der Waals surface area contributed by atoms with Gasteiger partial charge in [-0.3, -0.25) is 4.79 Å². The first-order valence-corrected chi connectivity index (χ1v) is 8.61. The van der Waals surface area contributed by atoms with E-state index >= 15 is 0 Å². The first-order chi connectivity index (χ1) is 9.95. The zero-order valence-electron chi connectivity index (χ0n) is 13.2. The van der Waals surface area contributed by atoms with Crippen LogP contribution in [0.5, 0.6) is 0 Å². The fourth-order valence-corrected chi connectivity index (χ4v) is 6.29. The third-order valence-corrected chi connectivity index (χ3v) is 7.50. The molecule has 3 fully saturated rings. The third kappa shape index (κ3) is 1.68. The maximum atomic E-state index is 11.8. The molecule has 4 rings (SSSR count). The van der Waals surface area contributed by atoms with E-state index in [1.54, 1.807) is 6.08 Å². The van der Waals surface area contributed by atoms with Crippen LogP contribution in [0.1, 0.15) is 58.8 Å². The number of carbonyl (C=O) groups excluding carboxylic acids is 1. The summed E-state index contributed by atoms with van der Waals surface area (Å²) in [7, 11) is 0. The lowest BCUT2D eigenvalue weighted by Gasteiger charge is -2.56. The van der Waals surface area contributed by atoms with Crippen molar-refractivity contribution in [1.29, 1.82) is 0 Å². The molecule has 1 N–H and O–H groups in total. The Morgan fingerprint density at radius 1 is 1.10 bits per heavy atom. The van der Waals surface area contributed by atoms with Crippen LogP contribution in [0, 0.1) is 28.6 Å². The van der Waals surface area contributed by atoms with Crippen molar-refractivity contribution in [3.05, 3.63) is 23.5 Å². The molecule has 4 aliphatic rings. The van der Waals surface area contributed by atoms with Crippen LogP contribution in [0.2, 0.25) is 0 Å². The van der Waals surface area contributed by atoms with Gasteiger partial charge < -0.3 is 5.11 Å². The van der Waals surface area contributed by atoms with Gasteiger partial charge in [0.2, 0.25) is 0 Å². The number of hydrogen-bond acceptors (Lipinski definition) is 2. The molecule has 0 heterocycles. The van der Waals surface area contributed by atoms with Crippen molar-refractivity contribution >= 4 is 5.78 Å². The predicted molar refractivity (Wildman–Crippen MR) is 82.8 cm³/mol. The van der Waals surface area contributed by atoms with Crippen LogP contribution in [0.25, 0.3) is 0 Å². The Morgan fingerprint density at radius 3 is 2.71 bits per heavy atom. The number of carbonyl (C=O) groups is 1. The standard InChI is InChI=1S/C19H26O2/c1-18-8-3-4-15(18)14-6-5-12-10-13(20)11-17(21)19(12,2)16(14)7-9-18/h10-11,14-16,21H,3-9H2,1-2H3/t14-,15-,16-,18-,19-/m0/s1. The predicted octanol–water partition coefficient (Wildman–Crippen LogP) is 4.57. The van der Waals surface area contributed by atoms with Gasteiger partial charge in [-0.2, -0.15) is 0 Å². The molecule has 0 aliphatic heterocycles.